The highest BCUT2D eigenvalue weighted by atomic mass is 35.5. The van der Waals surface area contributed by atoms with Gasteiger partial charge in [-0.2, -0.15) is 0 Å². The molecule has 0 aliphatic carbocycles. The van der Waals surface area contributed by atoms with Gasteiger partial charge in [-0.05, 0) is 61.4 Å². The predicted molar refractivity (Wildman–Crippen MR) is 135 cm³/mol. The summed E-state index contributed by atoms with van der Waals surface area (Å²) in [4.78, 5) is 43.0. The number of hydrogen-bond acceptors (Lipinski definition) is 5. The summed E-state index contributed by atoms with van der Waals surface area (Å²) in [6.45, 7) is 6.35. The smallest absolute Gasteiger partial charge is 0.306 e. The quantitative estimate of drug-likeness (QED) is 0.406. The molecule has 34 heavy (non-hydrogen) atoms. The highest BCUT2D eigenvalue weighted by molar-refractivity contribution is 7.10. The van der Waals surface area contributed by atoms with Crippen molar-refractivity contribution in [2.75, 3.05) is 19.7 Å². The number of benzene rings is 1. The van der Waals surface area contributed by atoms with Gasteiger partial charge < -0.3 is 14.5 Å². The minimum Gasteiger partial charge on any atom is -0.466 e. The van der Waals surface area contributed by atoms with E-state index < -0.39 is 5.97 Å². The van der Waals surface area contributed by atoms with Gasteiger partial charge in [-0.25, -0.2) is 0 Å². The van der Waals surface area contributed by atoms with Crippen molar-refractivity contribution in [2.45, 2.75) is 58.5 Å². The van der Waals surface area contributed by atoms with Crippen LogP contribution in [0.5, 0.6) is 0 Å². The molecule has 6 nitrogen and oxygen atoms in total. The fraction of sp³-hybridized carbons (Fsp3) is 0.480. The zero-order valence-corrected chi connectivity index (χ0v) is 22.0. The number of ether oxygens (including phenoxy) is 1. The Balaban J connectivity index is 1.85. The van der Waals surface area contributed by atoms with E-state index in [-0.39, 0.29) is 49.9 Å². The number of fused-ring (bicyclic) bond motifs is 1. The second kappa shape index (κ2) is 12.0. The lowest BCUT2D eigenvalue weighted by Crippen LogP contribution is -2.49. The molecule has 0 saturated carbocycles. The SMILES string of the molecule is CCOC(=O)CCC(=O)N(CC(=O)N1CCc2sccc2C1c1ccc(Cl)cc1Cl)C(C)CC. The minimum absolute atomic E-state index is 0.00121. The van der Waals surface area contributed by atoms with Gasteiger partial charge in [-0.15, -0.1) is 11.3 Å². The molecule has 1 aromatic heterocycles. The Morgan fingerprint density at radius 1 is 1.18 bits per heavy atom. The normalized spacial score (nSPS) is 16.0. The first kappa shape index (κ1) is 26.5. The average Bonchev–Trinajstić information content (AvgIpc) is 3.29. The van der Waals surface area contributed by atoms with Crippen LogP contribution in [0.4, 0.5) is 0 Å². The molecule has 1 aromatic carbocycles. The van der Waals surface area contributed by atoms with Gasteiger partial charge in [-0.1, -0.05) is 36.2 Å². The number of hydrogen-bond donors (Lipinski definition) is 0. The first-order valence-corrected chi connectivity index (χ1v) is 13.2. The minimum atomic E-state index is -0.412. The van der Waals surface area contributed by atoms with Gasteiger partial charge in [0.25, 0.3) is 0 Å². The van der Waals surface area contributed by atoms with E-state index in [0.717, 1.165) is 17.5 Å². The Hall–Kier alpha value is -2.09. The van der Waals surface area contributed by atoms with E-state index in [4.69, 9.17) is 27.9 Å². The van der Waals surface area contributed by atoms with Crippen LogP contribution in [0.25, 0.3) is 0 Å². The Morgan fingerprint density at radius 2 is 1.94 bits per heavy atom. The molecule has 2 amide bonds. The third-order valence-electron chi connectivity index (χ3n) is 6.14. The van der Waals surface area contributed by atoms with Crippen molar-refractivity contribution in [1.82, 2.24) is 9.80 Å². The molecule has 0 fully saturated rings. The third kappa shape index (κ3) is 6.12. The van der Waals surface area contributed by atoms with E-state index in [9.17, 15) is 14.4 Å². The highest BCUT2D eigenvalue weighted by Crippen LogP contribution is 2.41. The van der Waals surface area contributed by atoms with E-state index in [1.807, 2.05) is 31.4 Å². The maximum Gasteiger partial charge on any atom is 0.306 e. The Bertz CT molecular complexity index is 1040. The van der Waals surface area contributed by atoms with Gasteiger partial charge in [0.05, 0.1) is 19.1 Å². The first-order chi connectivity index (χ1) is 16.3. The summed E-state index contributed by atoms with van der Waals surface area (Å²) in [6.07, 6.45) is 1.45. The van der Waals surface area contributed by atoms with Crippen molar-refractivity contribution in [2.24, 2.45) is 0 Å². The van der Waals surface area contributed by atoms with Crippen LogP contribution in [0.1, 0.15) is 62.1 Å². The Morgan fingerprint density at radius 3 is 2.62 bits per heavy atom. The fourth-order valence-electron chi connectivity index (χ4n) is 4.18. The summed E-state index contributed by atoms with van der Waals surface area (Å²) < 4.78 is 4.94. The van der Waals surface area contributed by atoms with Crippen molar-refractivity contribution >= 4 is 52.3 Å². The standard InChI is InChI=1S/C25H30Cl2N2O4S/c1-4-16(3)29(22(30)8-9-24(32)33-5-2)15-23(31)28-12-10-21-19(11-13-34-21)25(28)18-7-6-17(26)14-20(18)27/h6-7,11,13-14,16,25H,4-5,8-10,12,15H2,1-3H3. The molecule has 184 valence electrons. The summed E-state index contributed by atoms with van der Waals surface area (Å²) in [7, 11) is 0. The molecule has 3 rings (SSSR count). The van der Waals surface area contributed by atoms with Crippen LogP contribution < -0.4 is 0 Å². The molecule has 2 heterocycles. The van der Waals surface area contributed by atoms with E-state index in [1.165, 1.54) is 4.88 Å². The van der Waals surface area contributed by atoms with Crippen molar-refractivity contribution in [1.29, 1.82) is 0 Å². The van der Waals surface area contributed by atoms with E-state index in [2.05, 4.69) is 0 Å². The number of rotatable bonds is 9. The number of nitrogens with zero attached hydrogens (tertiary/aromatic N) is 2. The number of amides is 2. The van der Waals surface area contributed by atoms with Crippen molar-refractivity contribution < 1.29 is 19.1 Å². The lowest BCUT2D eigenvalue weighted by molar-refractivity contribution is -0.147. The molecule has 0 spiro atoms. The van der Waals surface area contributed by atoms with E-state index in [0.29, 0.717) is 23.0 Å². The maximum absolute atomic E-state index is 13.6. The van der Waals surface area contributed by atoms with Crippen LogP contribution in [0, 0.1) is 0 Å². The topological polar surface area (TPSA) is 66.9 Å². The number of halogens is 2. The lowest BCUT2D eigenvalue weighted by Gasteiger charge is -2.38. The molecule has 1 aliphatic heterocycles. The van der Waals surface area contributed by atoms with E-state index in [1.54, 1.807) is 40.2 Å². The molecule has 2 aromatic rings. The van der Waals surface area contributed by atoms with Crippen molar-refractivity contribution in [3.63, 3.8) is 0 Å². The number of esters is 1. The van der Waals surface area contributed by atoms with Crippen LogP contribution in [-0.4, -0.2) is 53.3 Å². The van der Waals surface area contributed by atoms with Gasteiger partial charge >= 0.3 is 5.97 Å². The number of carbonyl (C=O) groups is 3. The van der Waals surface area contributed by atoms with Crippen LogP contribution in [0.15, 0.2) is 29.6 Å². The molecule has 0 N–H and O–H groups in total. The van der Waals surface area contributed by atoms with Gasteiger partial charge in [0.2, 0.25) is 11.8 Å². The summed E-state index contributed by atoms with van der Waals surface area (Å²) >= 11 is 14.4. The Kier molecular flexibility index (Phi) is 9.39. The molecule has 0 bridgehead atoms. The highest BCUT2D eigenvalue weighted by Gasteiger charge is 2.35. The first-order valence-electron chi connectivity index (χ1n) is 11.5. The third-order valence-corrected chi connectivity index (χ3v) is 7.70. The molecule has 2 unspecified atom stereocenters. The van der Waals surface area contributed by atoms with Crippen LogP contribution in [-0.2, 0) is 25.5 Å². The zero-order valence-electron chi connectivity index (χ0n) is 19.7. The van der Waals surface area contributed by atoms with Crippen LogP contribution >= 0.6 is 34.5 Å². The fourth-order valence-corrected chi connectivity index (χ4v) is 5.59. The largest absolute Gasteiger partial charge is 0.466 e. The van der Waals surface area contributed by atoms with E-state index >= 15 is 0 Å². The van der Waals surface area contributed by atoms with Gasteiger partial charge in [0.1, 0.15) is 6.54 Å². The summed E-state index contributed by atoms with van der Waals surface area (Å²) in [5, 5.41) is 3.06. The molecule has 0 saturated heterocycles. The molecular weight excluding hydrogens is 495 g/mol. The van der Waals surface area contributed by atoms with Crippen LogP contribution in [0.2, 0.25) is 10.0 Å². The molecule has 9 heteroatoms. The molecular formula is C25H30Cl2N2O4S. The number of thiophene rings is 1. The summed E-state index contributed by atoms with van der Waals surface area (Å²) in [5.41, 5.74) is 1.86. The second-order valence-electron chi connectivity index (χ2n) is 8.29. The monoisotopic (exact) mass is 524 g/mol. The lowest BCUT2D eigenvalue weighted by atomic mass is 9.93. The van der Waals surface area contributed by atoms with Crippen LogP contribution in [0.3, 0.4) is 0 Å². The molecule has 1 aliphatic rings. The predicted octanol–water partition coefficient (Wildman–Crippen LogP) is 5.50. The Labute approximate surface area is 214 Å². The molecule has 2 atom stereocenters. The zero-order chi connectivity index (χ0) is 24.8. The number of carbonyl (C=O) groups excluding carboxylic acids is 3. The average molecular weight is 525 g/mol. The van der Waals surface area contributed by atoms with Gasteiger partial charge in [-0.3, -0.25) is 14.4 Å². The van der Waals surface area contributed by atoms with Crippen molar-refractivity contribution in [3.05, 3.63) is 55.7 Å². The summed E-state index contributed by atoms with van der Waals surface area (Å²) in [5.74, 6) is -0.799. The summed E-state index contributed by atoms with van der Waals surface area (Å²) in [6, 6.07) is 6.87. The van der Waals surface area contributed by atoms with Crippen molar-refractivity contribution in [3.8, 4) is 0 Å². The molecule has 0 radical (unpaired) electrons. The van der Waals surface area contributed by atoms with Gasteiger partial charge in [0, 0.05) is 33.9 Å². The second-order valence-corrected chi connectivity index (χ2v) is 10.1. The van der Waals surface area contributed by atoms with Gasteiger partial charge in [0.15, 0.2) is 0 Å². The maximum atomic E-state index is 13.6.